The predicted octanol–water partition coefficient (Wildman–Crippen LogP) is 2.09. The maximum atomic E-state index is 12.7. The molecule has 4 atom stereocenters. The van der Waals surface area contributed by atoms with Crippen molar-refractivity contribution in [3.8, 4) is 5.75 Å². The van der Waals surface area contributed by atoms with Gasteiger partial charge in [0.25, 0.3) is 0 Å². The minimum absolute atomic E-state index is 0.149. The number of anilines is 1. The highest BCUT2D eigenvalue weighted by atomic mass is 16.5. The third-order valence-corrected chi connectivity index (χ3v) is 4.93. The van der Waals surface area contributed by atoms with E-state index in [2.05, 4.69) is 18.7 Å². The number of carbonyl (C=O) groups is 3. The molecule has 4 rings (SSSR count). The number of ether oxygens (including phenoxy) is 1. The molecular weight excluding hydrogens is 294 g/mol. The van der Waals surface area contributed by atoms with Crippen LogP contribution in [-0.2, 0) is 14.4 Å². The van der Waals surface area contributed by atoms with E-state index in [4.69, 9.17) is 4.74 Å². The molecule has 5 nitrogen and oxygen atoms in total. The fourth-order valence-corrected chi connectivity index (χ4v) is 4.00. The van der Waals surface area contributed by atoms with Crippen molar-refractivity contribution in [3.05, 3.63) is 49.1 Å². The molecule has 1 saturated carbocycles. The van der Waals surface area contributed by atoms with Gasteiger partial charge in [-0.3, -0.25) is 9.59 Å². The zero-order valence-corrected chi connectivity index (χ0v) is 12.3. The molecule has 116 valence electrons. The van der Waals surface area contributed by atoms with Gasteiger partial charge < -0.3 is 4.74 Å². The van der Waals surface area contributed by atoms with E-state index in [1.807, 2.05) is 0 Å². The third kappa shape index (κ3) is 1.96. The van der Waals surface area contributed by atoms with Crippen molar-refractivity contribution in [1.29, 1.82) is 0 Å². The first-order valence-electron chi connectivity index (χ1n) is 7.60. The van der Waals surface area contributed by atoms with E-state index in [9.17, 15) is 14.4 Å². The van der Waals surface area contributed by atoms with Crippen LogP contribution in [0.2, 0.25) is 0 Å². The molecule has 1 saturated heterocycles. The van der Waals surface area contributed by atoms with Crippen molar-refractivity contribution < 1.29 is 19.1 Å². The molecule has 4 unspecified atom stereocenters. The van der Waals surface area contributed by atoms with Gasteiger partial charge in [-0.05, 0) is 30.4 Å². The molecule has 2 amide bonds. The maximum Gasteiger partial charge on any atom is 0.335 e. The van der Waals surface area contributed by atoms with Gasteiger partial charge in [0.1, 0.15) is 5.75 Å². The lowest BCUT2D eigenvalue weighted by Crippen LogP contribution is -2.32. The van der Waals surface area contributed by atoms with Crippen molar-refractivity contribution in [2.75, 3.05) is 4.90 Å². The van der Waals surface area contributed by atoms with Gasteiger partial charge >= 0.3 is 5.97 Å². The Labute approximate surface area is 133 Å². The molecular formula is C18H15NO4. The molecule has 0 radical (unpaired) electrons. The SMILES string of the molecule is C=CC(=O)Oc1cccc(N2C(=O)C3C4C=CC(C4)C3C2=O)c1. The molecule has 0 aromatic heterocycles. The van der Waals surface area contributed by atoms with Crippen LogP contribution in [0.15, 0.2) is 49.1 Å². The highest BCUT2D eigenvalue weighted by molar-refractivity contribution is 6.22. The summed E-state index contributed by atoms with van der Waals surface area (Å²) >= 11 is 0. The monoisotopic (exact) mass is 309 g/mol. The van der Waals surface area contributed by atoms with Gasteiger partial charge in [0, 0.05) is 12.1 Å². The molecule has 1 aromatic rings. The number of carbonyl (C=O) groups excluding carboxylic acids is 3. The number of imide groups is 1. The Morgan fingerprint density at radius 3 is 2.43 bits per heavy atom. The molecule has 0 N–H and O–H groups in total. The lowest BCUT2D eigenvalue weighted by atomic mass is 9.85. The number of allylic oxidation sites excluding steroid dienone is 2. The summed E-state index contributed by atoms with van der Waals surface area (Å²) in [6.07, 6.45) is 6.08. The summed E-state index contributed by atoms with van der Waals surface area (Å²) < 4.78 is 5.06. The van der Waals surface area contributed by atoms with Gasteiger partial charge in [0.15, 0.2) is 0 Å². The van der Waals surface area contributed by atoms with Crippen LogP contribution in [0.1, 0.15) is 6.42 Å². The Hall–Kier alpha value is -2.69. The van der Waals surface area contributed by atoms with Crippen LogP contribution in [0, 0.1) is 23.7 Å². The lowest BCUT2D eigenvalue weighted by molar-refractivity contribution is -0.129. The van der Waals surface area contributed by atoms with Crippen LogP contribution in [0.5, 0.6) is 5.75 Å². The number of benzene rings is 1. The number of fused-ring (bicyclic) bond motifs is 5. The first kappa shape index (κ1) is 13.9. The minimum atomic E-state index is -0.583. The van der Waals surface area contributed by atoms with E-state index in [-0.39, 0.29) is 41.2 Å². The van der Waals surface area contributed by atoms with Crippen LogP contribution in [-0.4, -0.2) is 17.8 Å². The molecule has 5 heteroatoms. The first-order valence-corrected chi connectivity index (χ1v) is 7.60. The minimum Gasteiger partial charge on any atom is -0.423 e. The van der Waals surface area contributed by atoms with E-state index < -0.39 is 5.97 Å². The van der Waals surface area contributed by atoms with Crippen LogP contribution in [0.3, 0.4) is 0 Å². The lowest BCUT2D eigenvalue weighted by Gasteiger charge is -2.17. The number of nitrogens with zero attached hydrogens (tertiary/aromatic N) is 1. The number of hydrogen-bond donors (Lipinski definition) is 0. The van der Waals surface area contributed by atoms with Crippen LogP contribution in [0.25, 0.3) is 0 Å². The van der Waals surface area contributed by atoms with Crippen molar-refractivity contribution in [3.63, 3.8) is 0 Å². The molecule has 1 aliphatic heterocycles. The zero-order chi connectivity index (χ0) is 16.1. The number of amides is 2. The van der Waals surface area contributed by atoms with Crippen LogP contribution < -0.4 is 9.64 Å². The maximum absolute atomic E-state index is 12.7. The van der Waals surface area contributed by atoms with Gasteiger partial charge in [-0.15, -0.1) is 0 Å². The summed E-state index contributed by atoms with van der Waals surface area (Å²) in [6.45, 7) is 3.34. The topological polar surface area (TPSA) is 63.7 Å². The Kier molecular flexibility index (Phi) is 2.98. The third-order valence-electron chi connectivity index (χ3n) is 4.93. The van der Waals surface area contributed by atoms with E-state index in [1.54, 1.807) is 18.2 Å². The van der Waals surface area contributed by atoms with Crippen molar-refractivity contribution in [2.24, 2.45) is 23.7 Å². The largest absolute Gasteiger partial charge is 0.423 e. The summed E-state index contributed by atoms with van der Waals surface area (Å²) in [7, 11) is 0. The fourth-order valence-electron chi connectivity index (χ4n) is 4.00. The highest BCUT2D eigenvalue weighted by Gasteiger charge is 2.59. The average Bonchev–Trinajstić information content (AvgIpc) is 3.21. The number of hydrogen-bond acceptors (Lipinski definition) is 4. The molecule has 2 fully saturated rings. The Morgan fingerprint density at radius 1 is 1.17 bits per heavy atom. The quantitative estimate of drug-likeness (QED) is 0.282. The molecule has 2 aliphatic carbocycles. The summed E-state index contributed by atoms with van der Waals surface area (Å²) in [5.41, 5.74) is 0.447. The second-order valence-corrected chi connectivity index (χ2v) is 6.13. The first-order chi connectivity index (χ1) is 11.1. The summed E-state index contributed by atoms with van der Waals surface area (Å²) in [4.78, 5) is 38.0. The summed E-state index contributed by atoms with van der Waals surface area (Å²) in [5.74, 6) is -0.727. The molecule has 1 heterocycles. The van der Waals surface area contributed by atoms with Gasteiger partial charge in [-0.1, -0.05) is 24.8 Å². The van der Waals surface area contributed by atoms with Crippen LogP contribution in [0.4, 0.5) is 5.69 Å². The average molecular weight is 309 g/mol. The number of rotatable bonds is 3. The van der Waals surface area contributed by atoms with E-state index >= 15 is 0 Å². The van der Waals surface area contributed by atoms with Crippen molar-refractivity contribution >= 4 is 23.5 Å². The normalized spacial score (nSPS) is 30.7. The van der Waals surface area contributed by atoms with Crippen molar-refractivity contribution in [2.45, 2.75) is 6.42 Å². The Balaban J connectivity index is 1.65. The zero-order valence-electron chi connectivity index (χ0n) is 12.3. The molecule has 3 aliphatic rings. The van der Waals surface area contributed by atoms with Gasteiger partial charge in [0.05, 0.1) is 17.5 Å². The summed E-state index contributed by atoms with van der Waals surface area (Å²) in [5, 5.41) is 0. The van der Waals surface area contributed by atoms with Gasteiger partial charge in [0.2, 0.25) is 11.8 Å². The molecule has 1 aromatic carbocycles. The molecule has 23 heavy (non-hydrogen) atoms. The van der Waals surface area contributed by atoms with E-state index in [0.717, 1.165) is 12.5 Å². The number of esters is 1. The second-order valence-electron chi connectivity index (χ2n) is 6.13. The smallest absolute Gasteiger partial charge is 0.335 e. The van der Waals surface area contributed by atoms with Crippen LogP contribution >= 0.6 is 0 Å². The van der Waals surface area contributed by atoms with Gasteiger partial charge in [-0.25, -0.2) is 9.69 Å². The van der Waals surface area contributed by atoms with E-state index in [1.165, 1.54) is 11.0 Å². The second kappa shape index (κ2) is 4.91. The highest BCUT2D eigenvalue weighted by Crippen LogP contribution is 2.53. The molecule has 0 spiro atoms. The Morgan fingerprint density at radius 2 is 1.83 bits per heavy atom. The summed E-state index contributed by atoms with van der Waals surface area (Å²) in [6, 6.07) is 6.47. The molecule has 2 bridgehead atoms. The Bertz CT molecular complexity index is 736. The predicted molar refractivity (Wildman–Crippen MR) is 82.5 cm³/mol. The van der Waals surface area contributed by atoms with E-state index in [0.29, 0.717) is 5.69 Å². The fraction of sp³-hybridized carbons (Fsp3) is 0.278. The van der Waals surface area contributed by atoms with Gasteiger partial charge in [-0.2, -0.15) is 0 Å². The van der Waals surface area contributed by atoms with Crippen molar-refractivity contribution in [1.82, 2.24) is 0 Å². The standard InChI is InChI=1S/C18H15NO4/c1-2-14(20)23-13-5-3-4-12(9-13)19-17(21)15-10-6-7-11(8-10)16(15)18(19)22/h2-7,9-11,15-16H,1,8H2.